The predicted octanol–water partition coefficient (Wildman–Crippen LogP) is 1.29. The molecular weight excluding hydrogens is 190 g/mol. The van der Waals surface area contributed by atoms with Crippen molar-refractivity contribution in [1.29, 1.82) is 0 Å². The van der Waals surface area contributed by atoms with Crippen LogP contribution in [0, 0.1) is 5.41 Å². The van der Waals surface area contributed by atoms with E-state index in [2.05, 4.69) is 26.1 Å². The first-order valence-corrected chi connectivity index (χ1v) is 5.93. The second-order valence-electron chi connectivity index (χ2n) is 5.75. The van der Waals surface area contributed by atoms with Crippen LogP contribution < -0.4 is 5.32 Å². The molecule has 0 heterocycles. The third kappa shape index (κ3) is 2.92. The molecule has 1 aliphatic rings. The minimum absolute atomic E-state index is 0.0533. The lowest BCUT2D eigenvalue weighted by Gasteiger charge is -2.50. The molecule has 90 valence electrons. The van der Waals surface area contributed by atoms with Crippen LogP contribution in [0.5, 0.6) is 0 Å². The van der Waals surface area contributed by atoms with Crippen molar-refractivity contribution in [3.8, 4) is 0 Å². The molecule has 0 radical (unpaired) electrons. The van der Waals surface area contributed by atoms with E-state index >= 15 is 0 Å². The van der Waals surface area contributed by atoms with Crippen molar-refractivity contribution in [1.82, 2.24) is 5.32 Å². The van der Waals surface area contributed by atoms with E-state index in [9.17, 15) is 10.2 Å². The number of hydrogen-bond acceptors (Lipinski definition) is 3. The van der Waals surface area contributed by atoms with Gasteiger partial charge >= 0.3 is 0 Å². The molecule has 0 saturated heterocycles. The van der Waals surface area contributed by atoms with Gasteiger partial charge in [0, 0.05) is 18.0 Å². The van der Waals surface area contributed by atoms with E-state index in [1.54, 1.807) is 0 Å². The third-order valence-corrected chi connectivity index (χ3v) is 3.73. The predicted molar refractivity (Wildman–Crippen MR) is 61.7 cm³/mol. The van der Waals surface area contributed by atoms with Crippen LogP contribution in [0.4, 0.5) is 0 Å². The average molecular weight is 215 g/mol. The molecule has 15 heavy (non-hydrogen) atoms. The van der Waals surface area contributed by atoms with Gasteiger partial charge in [0.2, 0.25) is 0 Å². The normalized spacial score (nSPS) is 33.2. The quantitative estimate of drug-likeness (QED) is 0.647. The van der Waals surface area contributed by atoms with Gasteiger partial charge in [-0.2, -0.15) is 0 Å². The number of nitrogens with one attached hydrogen (secondary N) is 1. The van der Waals surface area contributed by atoms with Gasteiger partial charge in [-0.25, -0.2) is 0 Å². The molecule has 1 fully saturated rings. The summed E-state index contributed by atoms with van der Waals surface area (Å²) in [5, 5.41) is 22.9. The van der Waals surface area contributed by atoms with Crippen molar-refractivity contribution < 1.29 is 10.2 Å². The fourth-order valence-corrected chi connectivity index (χ4v) is 2.22. The van der Waals surface area contributed by atoms with Crippen molar-refractivity contribution in [2.45, 2.75) is 64.7 Å². The second kappa shape index (κ2) is 4.40. The molecule has 1 aliphatic carbocycles. The standard InChI is InChI=1S/C12H25NO2/c1-5-6-12(4,15)8-13-9-7-10(14)11(9,2)3/h9-10,13-15H,5-8H2,1-4H3. The third-order valence-electron chi connectivity index (χ3n) is 3.73. The molecule has 0 amide bonds. The largest absolute Gasteiger partial charge is 0.392 e. The molecule has 0 aromatic heterocycles. The highest BCUT2D eigenvalue weighted by Crippen LogP contribution is 2.40. The number of aliphatic hydroxyl groups excluding tert-OH is 1. The van der Waals surface area contributed by atoms with E-state index in [-0.39, 0.29) is 11.5 Å². The average Bonchev–Trinajstić information content (AvgIpc) is 2.11. The van der Waals surface area contributed by atoms with Crippen LogP contribution >= 0.6 is 0 Å². The molecule has 1 saturated carbocycles. The van der Waals surface area contributed by atoms with E-state index in [1.807, 2.05) is 6.92 Å². The zero-order valence-electron chi connectivity index (χ0n) is 10.4. The molecule has 0 aliphatic heterocycles. The van der Waals surface area contributed by atoms with Gasteiger partial charge in [0.15, 0.2) is 0 Å². The Morgan fingerprint density at radius 3 is 2.47 bits per heavy atom. The molecule has 3 N–H and O–H groups in total. The summed E-state index contributed by atoms with van der Waals surface area (Å²) in [5.74, 6) is 0. The monoisotopic (exact) mass is 215 g/mol. The van der Waals surface area contributed by atoms with Crippen LogP contribution in [0.15, 0.2) is 0 Å². The molecular formula is C12H25NO2. The number of hydrogen-bond donors (Lipinski definition) is 3. The van der Waals surface area contributed by atoms with Gasteiger partial charge in [0.05, 0.1) is 11.7 Å². The first kappa shape index (κ1) is 12.9. The first-order chi connectivity index (χ1) is 6.79. The Morgan fingerprint density at radius 1 is 1.47 bits per heavy atom. The fraction of sp³-hybridized carbons (Fsp3) is 1.00. The lowest BCUT2D eigenvalue weighted by Crippen LogP contribution is -2.61. The molecule has 0 spiro atoms. The molecule has 0 aromatic carbocycles. The summed E-state index contributed by atoms with van der Waals surface area (Å²) in [4.78, 5) is 0. The van der Waals surface area contributed by atoms with Gasteiger partial charge in [-0.1, -0.05) is 27.2 Å². The summed E-state index contributed by atoms with van der Waals surface area (Å²) in [6, 6.07) is 0.329. The van der Waals surface area contributed by atoms with Crippen LogP contribution in [0.2, 0.25) is 0 Å². The van der Waals surface area contributed by atoms with Crippen molar-refractivity contribution in [2.75, 3.05) is 6.54 Å². The molecule has 1 rings (SSSR count). The zero-order valence-corrected chi connectivity index (χ0v) is 10.4. The highest BCUT2D eigenvalue weighted by atomic mass is 16.3. The Morgan fingerprint density at radius 2 is 2.07 bits per heavy atom. The van der Waals surface area contributed by atoms with Crippen molar-refractivity contribution in [3.63, 3.8) is 0 Å². The molecule has 3 unspecified atom stereocenters. The van der Waals surface area contributed by atoms with Crippen molar-refractivity contribution in [3.05, 3.63) is 0 Å². The molecule has 3 heteroatoms. The van der Waals surface area contributed by atoms with Crippen LogP contribution in [-0.4, -0.2) is 34.5 Å². The van der Waals surface area contributed by atoms with E-state index in [0.29, 0.717) is 12.6 Å². The Kier molecular flexibility index (Phi) is 3.80. The second-order valence-corrected chi connectivity index (χ2v) is 5.75. The number of rotatable bonds is 5. The fourth-order valence-electron chi connectivity index (χ4n) is 2.22. The molecule has 0 aromatic rings. The summed E-state index contributed by atoms with van der Waals surface area (Å²) in [5.41, 5.74) is -0.673. The van der Waals surface area contributed by atoms with Gasteiger partial charge in [0.1, 0.15) is 0 Å². The Hall–Kier alpha value is -0.120. The van der Waals surface area contributed by atoms with Crippen LogP contribution in [0.25, 0.3) is 0 Å². The lowest BCUT2D eigenvalue weighted by molar-refractivity contribution is -0.0794. The zero-order chi connectivity index (χ0) is 11.7. The summed E-state index contributed by atoms with van der Waals surface area (Å²) >= 11 is 0. The Labute approximate surface area is 92.9 Å². The van der Waals surface area contributed by atoms with Crippen molar-refractivity contribution >= 4 is 0 Å². The topological polar surface area (TPSA) is 52.5 Å². The highest BCUT2D eigenvalue weighted by Gasteiger charge is 2.47. The Balaban J connectivity index is 2.33. The van der Waals surface area contributed by atoms with Crippen LogP contribution in [0.3, 0.4) is 0 Å². The van der Waals surface area contributed by atoms with Crippen molar-refractivity contribution in [2.24, 2.45) is 5.41 Å². The molecule has 0 bridgehead atoms. The maximum Gasteiger partial charge on any atom is 0.0743 e. The highest BCUT2D eigenvalue weighted by molar-refractivity contribution is 5.02. The minimum Gasteiger partial charge on any atom is -0.392 e. The lowest BCUT2D eigenvalue weighted by atomic mass is 9.64. The molecule has 3 atom stereocenters. The maximum absolute atomic E-state index is 9.99. The van der Waals surface area contributed by atoms with Gasteiger partial charge in [-0.05, 0) is 19.8 Å². The summed E-state index contributed by atoms with van der Waals surface area (Å²) in [7, 11) is 0. The van der Waals surface area contributed by atoms with Gasteiger partial charge in [-0.3, -0.25) is 0 Å². The minimum atomic E-state index is -0.620. The summed E-state index contributed by atoms with van der Waals surface area (Å²) in [6.45, 7) is 8.68. The summed E-state index contributed by atoms with van der Waals surface area (Å²) < 4.78 is 0. The van der Waals surface area contributed by atoms with E-state index in [1.165, 1.54) is 0 Å². The maximum atomic E-state index is 9.99. The van der Waals surface area contributed by atoms with Crippen LogP contribution in [0.1, 0.15) is 47.0 Å². The summed E-state index contributed by atoms with van der Waals surface area (Å²) in [6.07, 6.45) is 2.40. The Bertz CT molecular complexity index is 214. The van der Waals surface area contributed by atoms with Gasteiger partial charge in [0.25, 0.3) is 0 Å². The SMILES string of the molecule is CCCC(C)(O)CNC1CC(O)C1(C)C. The molecule has 3 nitrogen and oxygen atoms in total. The van der Waals surface area contributed by atoms with Crippen LogP contribution in [-0.2, 0) is 0 Å². The smallest absolute Gasteiger partial charge is 0.0743 e. The van der Waals surface area contributed by atoms with E-state index in [4.69, 9.17) is 0 Å². The van der Waals surface area contributed by atoms with Gasteiger partial charge in [-0.15, -0.1) is 0 Å². The number of aliphatic hydroxyl groups is 2. The first-order valence-electron chi connectivity index (χ1n) is 5.93. The van der Waals surface area contributed by atoms with E-state index in [0.717, 1.165) is 19.3 Å². The van der Waals surface area contributed by atoms with Gasteiger partial charge < -0.3 is 15.5 Å². The van der Waals surface area contributed by atoms with E-state index < -0.39 is 5.60 Å².